The summed E-state index contributed by atoms with van der Waals surface area (Å²) in [6.07, 6.45) is 3.10. The van der Waals surface area contributed by atoms with E-state index >= 15 is 0 Å². The standard InChI is InChI=1S/C17H28BrN3O3S.HI/c1-3-4-12-24-13-5-10-20-17(19-2)21-11-14-25(22,23)16-8-6-15(18)7-9-16;/h6-9H,3-5,10-14H2,1-2H3,(H2,19,20,21);1H. The molecule has 0 unspecified atom stereocenters. The summed E-state index contributed by atoms with van der Waals surface area (Å²) < 4.78 is 30.9. The van der Waals surface area contributed by atoms with E-state index in [-0.39, 0.29) is 29.7 Å². The second-order valence-electron chi connectivity index (χ2n) is 5.52. The number of rotatable bonds is 11. The van der Waals surface area contributed by atoms with Gasteiger partial charge < -0.3 is 15.4 Å². The Bertz CT molecular complexity index is 625. The van der Waals surface area contributed by atoms with Crippen LogP contribution in [0.5, 0.6) is 0 Å². The topological polar surface area (TPSA) is 79.8 Å². The normalized spacial score (nSPS) is 11.7. The van der Waals surface area contributed by atoms with Gasteiger partial charge in [0, 0.05) is 37.8 Å². The van der Waals surface area contributed by atoms with Crippen molar-refractivity contribution in [2.45, 2.75) is 31.1 Å². The fourth-order valence-corrected chi connectivity index (χ4v) is 3.44. The Labute approximate surface area is 182 Å². The Hall–Kier alpha value is -0.390. The fraction of sp³-hybridized carbons (Fsp3) is 0.588. The number of aliphatic imine (C=N–C) groups is 1. The van der Waals surface area contributed by atoms with E-state index in [0.717, 1.165) is 36.9 Å². The van der Waals surface area contributed by atoms with Crippen molar-refractivity contribution in [3.8, 4) is 0 Å². The third-order valence-electron chi connectivity index (χ3n) is 3.46. The van der Waals surface area contributed by atoms with Gasteiger partial charge in [-0.25, -0.2) is 8.42 Å². The van der Waals surface area contributed by atoms with Gasteiger partial charge in [0.15, 0.2) is 15.8 Å². The number of nitrogens with one attached hydrogen (secondary N) is 2. The summed E-state index contributed by atoms with van der Waals surface area (Å²) in [5, 5.41) is 6.18. The van der Waals surface area contributed by atoms with Gasteiger partial charge in [-0.1, -0.05) is 29.3 Å². The number of unbranched alkanes of at least 4 members (excludes halogenated alkanes) is 1. The van der Waals surface area contributed by atoms with Gasteiger partial charge in [-0.15, -0.1) is 24.0 Å². The van der Waals surface area contributed by atoms with Crippen LogP contribution in [0.4, 0.5) is 0 Å². The van der Waals surface area contributed by atoms with Gasteiger partial charge in [0.05, 0.1) is 10.6 Å². The molecule has 2 N–H and O–H groups in total. The van der Waals surface area contributed by atoms with Gasteiger partial charge >= 0.3 is 0 Å². The fourth-order valence-electron chi connectivity index (χ4n) is 2.01. The van der Waals surface area contributed by atoms with E-state index in [1.54, 1.807) is 31.3 Å². The number of benzene rings is 1. The molecule has 0 spiro atoms. The molecule has 0 aromatic heterocycles. The van der Waals surface area contributed by atoms with Crippen LogP contribution in [0.15, 0.2) is 38.6 Å². The van der Waals surface area contributed by atoms with E-state index in [1.165, 1.54) is 0 Å². The Balaban J connectivity index is 0.00000625. The van der Waals surface area contributed by atoms with Crippen LogP contribution in [0.2, 0.25) is 0 Å². The molecule has 9 heteroatoms. The SMILES string of the molecule is CCCCOCCCNC(=NC)NCCS(=O)(=O)c1ccc(Br)cc1.I. The summed E-state index contributed by atoms with van der Waals surface area (Å²) in [5.41, 5.74) is 0. The lowest BCUT2D eigenvalue weighted by Crippen LogP contribution is -2.40. The zero-order valence-corrected chi connectivity index (χ0v) is 20.1. The number of hydrogen-bond acceptors (Lipinski definition) is 4. The zero-order chi connectivity index (χ0) is 18.5. The molecule has 0 saturated carbocycles. The van der Waals surface area contributed by atoms with Gasteiger partial charge in [-0.05, 0) is 37.1 Å². The molecule has 0 aliphatic heterocycles. The molecule has 1 aromatic carbocycles. The third-order valence-corrected chi connectivity index (χ3v) is 5.72. The van der Waals surface area contributed by atoms with Gasteiger partial charge in [-0.3, -0.25) is 4.99 Å². The van der Waals surface area contributed by atoms with Crippen molar-refractivity contribution < 1.29 is 13.2 Å². The summed E-state index contributed by atoms with van der Waals surface area (Å²) >= 11 is 3.30. The minimum absolute atomic E-state index is 0. The first-order chi connectivity index (χ1) is 12.0. The van der Waals surface area contributed by atoms with Crippen molar-refractivity contribution in [3.05, 3.63) is 28.7 Å². The first-order valence-electron chi connectivity index (χ1n) is 8.50. The van der Waals surface area contributed by atoms with Crippen LogP contribution in [-0.2, 0) is 14.6 Å². The summed E-state index contributed by atoms with van der Waals surface area (Å²) in [5.74, 6) is 0.606. The van der Waals surface area contributed by atoms with E-state index in [9.17, 15) is 8.42 Å². The van der Waals surface area contributed by atoms with Crippen molar-refractivity contribution in [2.75, 3.05) is 39.1 Å². The highest BCUT2D eigenvalue weighted by molar-refractivity contribution is 14.0. The summed E-state index contributed by atoms with van der Waals surface area (Å²) in [7, 11) is -1.64. The summed E-state index contributed by atoms with van der Waals surface area (Å²) in [6, 6.07) is 6.66. The van der Waals surface area contributed by atoms with E-state index in [1.807, 2.05) is 0 Å². The molecule has 6 nitrogen and oxygen atoms in total. The second-order valence-corrected chi connectivity index (χ2v) is 8.54. The van der Waals surface area contributed by atoms with E-state index in [2.05, 4.69) is 38.5 Å². The van der Waals surface area contributed by atoms with Gasteiger partial charge in [0.1, 0.15) is 0 Å². The highest BCUT2D eigenvalue weighted by Crippen LogP contribution is 2.15. The molecular formula is C17H29BrIN3O3S. The number of hydrogen-bond donors (Lipinski definition) is 2. The second kappa shape index (κ2) is 14.6. The summed E-state index contributed by atoms with van der Waals surface area (Å²) in [6.45, 7) is 4.67. The molecule has 0 saturated heterocycles. The van der Waals surface area contributed by atoms with Crippen LogP contribution in [0, 0.1) is 0 Å². The molecule has 0 radical (unpaired) electrons. The minimum atomic E-state index is -3.31. The smallest absolute Gasteiger partial charge is 0.191 e. The maximum Gasteiger partial charge on any atom is 0.191 e. The van der Waals surface area contributed by atoms with Crippen LogP contribution in [0.1, 0.15) is 26.2 Å². The van der Waals surface area contributed by atoms with Crippen LogP contribution in [0.25, 0.3) is 0 Å². The predicted molar refractivity (Wildman–Crippen MR) is 121 cm³/mol. The Morgan fingerprint density at radius 2 is 1.73 bits per heavy atom. The minimum Gasteiger partial charge on any atom is -0.381 e. The number of ether oxygens (including phenoxy) is 1. The average molecular weight is 562 g/mol. The molecule has 0 heterocycles. The molecule has 1 aromatic rings. The van der Waals surface area contributed by atoms with Gasteiger partial charge in [-0.2, -0.15) is 0 Å². The zero-order valence-electron chi connectivity index (χ0n) is 15.3. The average Bonchev–Trinajstić information content (AvgIpc) is 2.59. The van der Waals surface area contributed by atoms with Gasteiger partial charge in [0.2, 0.25) is 0 Å². The highest BCUT2D eigenvalue weighted by atomic mass is 127. The van der Waals surface area contributed by atoms with Crippen LogP contribution in [-0.4, -0.2) is 53.5 Å². The lowest BCUT2D eigenvalue weighted by atomic mass is 10.4. The predicted octanol–water partition coefficient (Wildman–Crippen LogP) is 3.21. The van der Waals surface area contributed by atoms with Gasteiger partial charge in [0.25, 0.3) is 0 Å². The first kappa shape index (κ1) is 25.6. The molecule has 0 aliphatic carbocycles. The molecular weight excluding hydrogens is 533 g/mol. The van der Waals surface area contributed by atoms with E-state index in [0.29, 0.717) is 24.0 Å². The molecule has 0 fully saturated rings. The quantitative estimate of drug-likeness (QED) is 0.188. The van der Waals surface area contributed by atoms with Crippen molar-refractivity contribution in [1.82, 2.24) is 10.6 Å². The van der Waals surface area contributed by atoms with Crippen molar-refractivity contribution >= 4 is 55.7 Å². The van der Waals surface area contributed by atoms with Crippen LogP contribution in [0.3, 0.4) is 0 Å². The first-order valence-corrected chi connectivity index (χ1v) is 10.9. The van der Waals surface area contributed by atoms with Crippen LogP contribution < -0.4 is 10.6 Å². The molecule has 150 valence electrons. The van der Waals surface area contributed by atoms with E-state index in [4.69, 9.17) is 4.74 Å². The van der Waals surface area contributed by atoms with Crippen molar-refractivity contribution in [3.63, 3.8) is 0 Å². The molecule has 1 rings (SSSR count). The molecule has 0 aliphatic rings. The highest BCUT2D eigenvalue weighted by Gasteiger charge is 2.14. The number of guanidine groups is 1. The lowest BCUT2D eigenvalue weighted by molar-refractivity contribution is 0.129. The number of sulfone groups is 1. The lowest BCUT2D eigenvalue weighted by Gasteiger charge is -2.12. The Morgan fingerprint density at radius 3 is 2.35 bits per heavy atom. The third kappa shape index (κ3) is 10.7. The molecule has 0 amide bonds. The molecule has 26 heavy (non-hydrogen) atoms. The number of nitrogens with zero attached hydrogens (tertiary/aromatic N) is 1. The van der Waals surface area contributed by atoms with Crippen molar-refractivity contribution in [1.29, 1.82) is 0 Å². The largest absolute Gasteiger partial charge is 0.381 e. The molecule has 0 atom stereocenters. The van der Waals surface area contributed by atoms with E-state index < -0.39 is 9.84 Å². The maximum absolute atomic E-state index is 12.3. The van der Waals surface area contributed by atoms with Crippen LogP contribution >= 0.6 is 39.9 Å². The summed E-state index contributed by atoms with van der Waals surface area (Å²) in [4.78, 5) is 4.42. The monoisotopic (exact) mass is 561 g/mol. The Kier molecular flexibility index (Phi) is 14.4. The molecule has 0 bridgehead atoms. The Morgan fingerprint density at radius 1 is 1.12 bits per heavy atom. The maximum atomic E-state index is 12.3. The van der Waals surface area contributed by atoms with Crippen molar-refractivity contribution in [2.24, 2.45) is 4.99 Å². The number of halogens is 2.